The lowest BCUT2D eigenvalue weighted by atomic mass is 10.1. The smallest absolute Gasteiger partial charge is 0.0686 e. The first kappa shape index (κ1) is 9.81. The number of aliphatic hydroxyl groups excluding tert-OH is 1. The highest BCUT2D eigenvalue weighted by Crippen LogP contribution is 2.19. The molecular formula is C12H14N2O2. The molecule has 3 rings (SSSR count). The first-order chi connectivity index (χ1) is 7.86. The van der Waals surface area contributed by atoms with Crippen molar-refractivity contribution in [1.82, 2.24) is 9.78 Å². The molecule has 2 heterocycles. The molecule has 1 aromatic carbocycles. The van der Waals surface area contributed by atoms with E-state index in [0.29, 0.717) is 5.92 Å². The monoisotopic (exact) mass is 218 g/mol. The molecule has 2 aromatic rings. The van der Waals surface area contributed by atoms with Crippen molar-refractivity contribution in [2.45, 2.75) is 13.2 Å². The van der Waals surface area contributed by atoms with Crippen LogP contribution in [0.1, 0.15) is 5.56 Å². The number of rotatable bonds is 3. The second-order valence-corrected chi connectivity index (χ2v) is 4.28. The van der Waals surface area contributed by atoms with Gasteiger partial charge in [0.05, 0.1) is 31.5 Å². The Balaban J connectivity index is 1.96. The van der Waals surface area contributed by atoms with Crippen molar-refractivity contribution in [2.24, 2.45) is 5.92 Å². The number of benzene rings is 1. The Kier molecular flexibility index (Phi) is 2.38. The van der Waals surface area contributed by atoms with Crippen molar-refractivity contribution >= 4 is 10.9 Å². The zero-order valence-corrected chi connectivity index (χ0v) is 8.97. The van der Waals surface area contributed by atoms with Gasteiger partial charge in [-0.25, -0.2) is 0 Å². The highest BCUT2D eigenvalue weighted by atomic mass is 16.5. The maximum atomic E-state index is 9.12. The molecule has 0 unspecified atom stereocenters. The second kappa shape index (κ2) is 3.88. The Bertz CT molecular complexity index is 503. The van der Waals surface area contributed by atoms with Crippen molar-refractivity contribution in [1.29, 1.82) is 0 Å². The molecule has 0 radical (unpaired) electrons. The van der Waals surface area contributed by atoms with Crippen LogP contribution >= 0.6 is 0 Å². The van der Waals surface area contributed by atoms with Crippen LogP contribution in [0, 0.1) is 5.92 Å². The topological polar surface area (TPSA) is 47.3 Å². The average Bonchev–Trinajstić information content (AvgIpc) is 2.65. The number of aliphatic hydroxyl groups is 1. The normalized spacial score (nSPS) is 16.6. The molecule has 1 N–H and O–H groups in total. The van der Waals surface area contributed by atoms with Crippen molar-refractivity contribution < 1.29 is 9.84 Å². The molecule has 0 aliphatic carbocycles. The predicted molar refractivity (Wildman–Crippen MR) is 60.0 cm³/mol. The molecule has 4 heteroatoms. The molecule has 0 spiro atoms. The van der Waals surface area contributed by atoms with Gasteiger partial charge in [-0.05, 0) is 11.6 Å². The number of ether oxygens (including phenoxy) is 1. The molecule has 1 saturated heterocycles. The molecular weight excluding hydrogens is 204 g/mol. The fourth-order valence-electron chi connectivity index (χ4n) is 1.99. The van der Waals surface area contributed by atoms with Crippen LogP contribution in [-0.2, 0) is 17.9 Å². The molecule has 0 saturated carbocycles. The number of hydrogen-bond donors (Lipinski definition) is 1. The van der Waals surface area contributed by atoms with Gasteiger partial charge in [-0.2, -0.15) is 5.10 Å². The van der Waals surface area contributed by atoms with E-state index in [1.54, 1.807) is 0 Å². The van der Waals surface area contributed by atoms with Crippen LogP contribution in [0.3, 0.4) is 0 Å². The summed E-state index contributed by atoms with van der Waals surface area (Å²) in [4.78, 5) is 0. The van der Waals surface area contributed by atoms with Crippen LogP contribution in [0.2, 0.25) is 0 Å². The lowest BCUT2D eigenvalue weighted by Gasteiger charge is -2.25. The predicted octanol–water partition coefficient (Wildman–Crippen LogP) is 1.17. The van der Waals surface area contributed by atoms with Crippen LogP contribution in [0.5, 0.6) is 0 Å². The molecule has 84 valence electrons. The molecule has 1 aliphatic heterocycles. The highest BCUT2D eigenvalue weighted by Gasteiger charge is 2.19. The lowest BCUT2D eigenvalue weighted by molar-refractivity contribution is -0.0403. The molecule has 4 nitrogen and oxygen atoms in total. The Hall–Kier alpha value is -1.39. The van der Waals surface area contributed by atoms with Crippen LogP contribution in [0.25, 0.3) is 10.9 Å². The van der Waals surface area contributed by atoms with Crippen molar-refractivity contribution in [3.05, 3.63) is 30.0 Å². The van der Waals surface area contributed by atoms with E-state index >= 15 is 0 Å². The summed E-state index contributed by atoms with van der Waals surface area (Å²) in [6.45, 7) is 2.65. The molecule has 0 bridgehead atoms. The zero-order chi connectivity index (χ0) is 11.0. The molecule has 1 aliphatic rings. The maximum absolute atomic E-state index is 9.12. The van der Waals surface area contributed by atoms with Gasteiger partial charge in [0, 0.05) is 17.8 Å². The van der Waals surface area contributed by atoms with Crippen molar-refractivity contribution in [3.63, 3.8) is 0 Å². The molecule has 0 amide bonds. The standard InChI is InChI=1S/C12H14N2O2/c15-6-9-1-2-11-4-13-14(12(11)3-9)5-10-7-16-8-10/h1-4,10,15H,5-8H2. The van der Waals surface area contributed by atoms with Gasteiger partial charge >= 0.3 is 0 Å². The van der Waals surface area contributed by atoms with Crippen LogP contribution in [0.4, 0.5) is 0 Å². The van der Waals surface area contributed by atoms with E-state index in [-0.39, 0.29) is 6.61 Å². The maximum Gasteiger partial charge on any atom is 0.0686 e. The summed E-state index contributed by atoms with van der Waals surface area (Å²) < 4.78 is 7.16. The minimum atomic E-state index is 0.0770. The minimum absolute atomic E-state index is 0.0770. The van der Waals surface area contributed by atoms with Gasteiger partial charge in [-0.1, -0.05) is 12.1 Å². The van der Waals surface area contributed by atoms with E-state index in [1.165, 1.54) is 0 Å². The Morgan fingerprint density at radius 1 is 1.44 bits per heavy atom. The van der Waals surface area contributed by atoms with E-state index in [4.69, 9.17) is 9.84 Å². The molecule has 1 fully saturated rings. The van der Waals surface area contributed by atoms with Crippen molar-refractivity contribution in [3.8, 4) is 0 Å². The third kappa shape index (κ3) is 1.60. The molecule has 0 atom stereocenters. The SMILES string of the molecule is OCc1ccc2cnn(CC3COC3)c2c1. The van der Waals surface area contributed by atoms with Crippen LogP contribution in [-0.4, -0.2) is 28.1 Å². The fraction of sp³-hybridized carbons (Fsp3) is 0.417. The van der Waals surface area contributed by atoms with Gasteiger partial charge in [0.2, 0.25) is 0 Å². The average molecular weight is 218 g/mol. The van der Waals surface area contributed by atoms with Gasteiger partial charge in [0.15, 0.2) is 0 Å². The summed E-state index contributed by atoms with van der Waals surface area (Å²) >= 11 is 0. The quantitative estimate of drug-likeness (QED) is 0.841. The van der Waals surface area contributed by atoms with Gasteiger partial charge in [0.25, 0.3) is 0 Å². The highest BCUT2D eigenvalue weighted by molar-refractivity contribution is 5.79. The number of nitrogens with zero attached hydrogens (tertiary/aromatic N) is 2. The summed E-state index contributed by atoms with van der Waals surface area (Å²) in [6.07, 6.45) is 1.87. The summed E-state index contributed by atoms with van der Waals surface area (Å²) in [7, 11) is 0. The Morgan fingerprint density at radius 3 is 3.00 bits per heavy atom. The number of hydrogen-bond acceptors (Lipinski definition) is 3. The van der Waals surface area contributed by atoms with Crippen molar-refractivity contribution in [2.75, 3.05) is 13.2 Å². The van der Waals surface area contributed by atoms with E-state index in [2.05, 4.69) is 5.10 Å². The van der Waals surface area contributed by atoms with E-state index in [9.17, 15) is 0 Å². The van der Waals surface area contributed by atoms with Gasteiger partial charge < -0.3 is 9.84 Å². The van der Waals surface area contributed by atoms with E-state index < -0.39 is 0 Å². The van der Waals surface area contributed by atoms with Gasteiger partial charge in [0.1, 0.15) is 0 Å². The Morgan fingerprint density at radius 2 is 2.31 bits per heavy atom. The van der Waals surface area contributed by atoms with E-state index in [1.807, 2.05) is 29.1 Å². The fourth-order valence-corrected chi connectivity index (χ4v) is 1.99. The van der Waals surface area contributed by atoms with Gasteiger partial charge in [-0.15, -0.1) is 0 Å². The van der Waals surface area contributed by atoms with Crippen LogP contribution < -0.4 is 0 Å². The minimum Gasteiger partial charge on any atom is -0.392 e. The number of fused-ring (bicyclic) bond motifs is 1. The lowest BCUT2D eigenvalue weighted by Crippen LogP contribution is -2.31. The van der Waals surface area contributed by atoms with E-state index in [0.717, 1.165) is 36.2 Å². The second-order valence-electron chi connectivity index (χ2n) is 4.28. The van der Waals surface area contributed by atoms with Crippen LogP contribution in [0.15, 0.2) is 24.4 Å². The largest absolute Gasteiger partial charge is 0.392 e. The first-order valence-corrected chi connectivity index (χ1v) is 5.50. The van der Waals surface area contributed by atoms with Gasteiger partial charge in [-0.3, -0.25) is 4.68 Å². The summed E-state index contributed by atoms with van der Waals surface area (Å²) in [5.41, 5.74) is 2.03. The number of aromatic nitrogens is 2. The molecule has 1 aromatic heterocycles. The third-order valence-corrected chi connectivity index (χ3v) is 3.03. The third-order valence-electron chi connectivity index (χ3n) is 3.03. The summed E-state index contributed by atoms with van der Waals surface area (Å²) in [6, 6.07) is 5.93. The first-order valence-electron chi connectivity index (χ1n) is 5.50. The summed E-state index contributed by atoms with van der Waals surface area (Å²) in [5.74, 6) is 0.584. The molecule has 16 heavy (non-hydrogen) atoms. The Labute approximate surface area is 93.4 Å². The zero-order valence-electron chi connectivity index (χ0n) is 8.97. The summed E-state index contributed by atoms with van der Waals surface area (Å²) in [5, 5.41) is 14.6.